The van der Waals surface area contributed by atoms with Crippen molar-refractivity contribution in [3.05, 3.63) is 76.4 Å². The van der Waals surface area contributed by atoms with Crippen LogP contribution in [-0.4, -0.2) is 29.7 Å². The van der Waals surface area contributed by atoms with Gasteiger partial charge in [0.05, 0.1) is 17.0 Å². The average Bonchev–Trinajstić information content (AvgIpc) is 3.25. The number of oxazole rings is 1. The Balaban J connectivity index is 1.54. The molecule has 4 rings (SSSR count). The molecule has 0 spiro atoms. The van der Waals surface area contributed by atoms with Gasteiger partial charge in [-0.1, -0.05) is 35.5 Å². The topological polar surface area (TPSA) is 120 Å². The molecule has 0 aliphatic carbocycles. The summed E-state index contributed by atoms with van der Waals surface area (Å²) in [7, 11) is -3.74. The van der Waals surface area contributed by atoms with Crippen LogP contribution in [0.25, 0.3) is 11.1 Å². The predicted molar refractivity (Wildman–Crippen MR) is 104 cm³/mol. The van der Waals surface area contributed by atoms with Crippen molar-refractivity contribution in [2.45, 2.75) is 24.8 Å². The Morgan fingerprint density at radius 1 is 1.14 bits per heavy atom. The highest BCUT2D eigenvalue weighted by Crippen LogP contribution is 2.19. The van der Waals surface area contributed by atoms with Gasteiger partial charge in [-0.15, -0.1) is 0 Å². The van der Waals surface area contributed by atoms with Gasteiger partial charge < -0.3 is 8.94 Å². The molecule has 10 heteroatoms. The molecule has 0 bridgehead atoms. The second-order valence-electron chi connectivity index (χ2n) is 6.45. The fourth-order valence-corrected chi connectivity index (χ4v) is 4.02. The molecule has 2 aromatic heterocycles. The second-order valence-corrected chi connectivity index (χ2v) is 8.21. The zero-order chi connectivity index (χ0) is 20.4. The van der Waals surface area contributed by atoms with E-state index in [1.807, 2.05) is 30.3 Å². The third-order valence-corrected chi connectivity index (χ3v) is 5.83. The Kier molecular flexibility index (Phi) is 5.03. The van der Waals surface area contributed by atoms with Gasteiger partial charge in [0, 0.05) is 19.5 Å². The van der Waals surface area contributed by atoms with Gasteiger partial charge in [0.2, 0.25) is 15.9 Å². The standard InChI is InChI=1S/C19H18N4O5S/c1-13-21-18(22-28-13)12-23-16-8-7-15(11-17(16)27-19(23)24)29(25,26)20-10-9-14-5-3-2-4-6-14/h2-8,11,20H,9-10,12H2,1H3. The van der Waals surface area contributed by atoms with Crippen LogP contribution in [0.15, 0.2) is 67.2 Å². The minimum Gasteiger partial charge on any atom is -0.408 e. The van der Waals surface area contributed by atoms with Crippen molar-refractivity contribution in [3.8, 4) is 0 Å². The first-order valence-electron chi connectivity index (χ1n) is 8.88. The molecule has 0 radical (unpaired) electrons. The van der Waals surface area contributed by atoms with Gasteiger partial charge in [0.1, 0.15) is 0 Å². The number of hydrogen-bond donors (Lipinski definition) is 1. The lowest BCUT2D eigenvalue weighted by atomic mass is 10.2. The smallest absolute Gasteiger partial charge is 0.408 e. The van der Waals surface area contributed by atoms with E-state index in [4.69, 9.17) is 8.94 Å². The maximum Gasteiger partial charge on any atom is 0.420 e. The van der Waals surface area contributed by atoms with Gasteiger partial charge >= 0.3 is 5.76 Å². The van der Waals surface area contributed by atoms with Gasteiger partial charge in [-0.2, -0.15) is 4.98 Å². The van der Waals surface area contributed by atoms with Crippen molar-refractivity contribution < 1.29 is 17.4 Å². The van der Waals surface area contributed by atoms with E-state index in [-0.39, 0.29) is 23.6 Å². The van der Waals surface area contributed by atoms with E-state index in [0.717, 1.165) is 5.56 Å². The summed E-state index contributed by atoms with van der Waals surface area (Å²) in [5, 5.41) is 3.76. The SMILES string of the molecule is Cc1nc(Cn2c(=O)oc3cc(S(=O)(=O)NCCc4ccccc4)ccc32)no1. The van der Waals surface area contributed by atoms with E-state index >= 15 is 0 Å². The highest BCUT2D eigenvalue weighted by Gasteiger charge is 2.18. The fraction of sp³-hybridized carbons (Fsp3) is 0.211. The summed E-state index contributed by atoms with van der Waals surface area (Å²) in [5.74, 6) is 0.0800. The van der Waals surface area contributed by atoms with Crippen molar-refractivity contribution in [3.63, 3.8) is 0 Å². The minimum absolute atomic E-state index is 0.0226. The Hall–Kier alpha value is -3.24. The molecule has 2 heterocycles. The summed E-state index contributed by atoms with van der Waals surface area (Å²) in [6.07, 6.45) is 0.567. The monoisotopic (exact) mass is 414 g/mol. The van der Waals surface area contributed by atoms with Crippen LogP contribution in [0.5, 0.6) is 0 Å². The number of aromatic nitrogens is 3. The summed E-state index contributed by atoms with van der Waals surface area (Å²) in [5.41, 5.74) is 1.65. The molecule has 9 nitrogen and oxygen atoms in total. The summed E-state index contributed by atoms with van der Waals surface area (Å²) in [4.78, 5) is 16.3. The molecule has 0 amide bonds. The molecule has 0 saturated heterocycles. The number of aryl methyl sites for hydroxylation is 1. The lowest BCUT2D eigenvalue weighted by molar-refractivity contribution is 0.385. The van der Waals surface area contributed by atoms with Gasteiger partial charge in [-0.3, -0.25) is 4.57 Å². The number of hydrogen-bond acceptors (Lipinski definition) is 7. The predicted octanol–water partition coefficient (Wildman–Crippen LogP) is 1.86. The summed E-state index contributed by atoms with van der Waals surface area (Å²) >= 11 is 0. The van der Waals surface area contributed by atoms with Crippen LogP contribution in [-0.2, 0) is 23.0 Å². The lowest BCUT2D eigenvalue weighted by Crippen LogP contribution is -2.26. The molecule has 0 unspecified atom stereocenters. The molecule has 150 valence electrons. The van der Waals surface area contributed by atoms with Crippen LogP contribution in [0.1, 0.15) is 17.3 Å². The first-order chi connectivity index (χ1) is 13.9. The van der Waals surface area contributed by atoms with Crippen LogP contribution in [0, 0.1) is 6.92 Å². The number of nitrogens with zero attached hydrogens (tertiary/aromatic N) is 3. The maximum absolute atomic E-state index is 12.6. The normalized spacial score (nSPS) is 11.9. The molecule has 0 fully saturated rings. The average molecular weight is 414 g/mol. The van der Waals surface area contributed by atoms with E-state index in [0.29, 0.717) is 23.7 Å². The summed E-state index contributed by atoms with van der Waals surface area (Å²) in [6, 6.07) is 13.9. The molecule has 0 atom stereocenters. The molecule has 4 aromatic rings. The van der Waals surface area contributed by atoms with E-state index in [9.17, 15) is 13.2 Å². The zero-order valence-electron chi connectivity index (χ0n) is 15.5. The van der Waals surface area contributed by atoms with Crippen LogP contribution >= 0.6 is 0 Å². The van der Waals surface area contributed by atoms with E-state index in [1.54, 1.807) is 6.92 Å². The molecular weight excluding hydrogens is 396 g/mol. The highest BCUT2D eigenvalue weighted by atomic mass is 32.2. The number of rotatable bonds is 7. The van der Waals surface area contributed by atoms with Gasteiger partial charge in [0.25, 0.3) is 0 Å². The molecule has 2 aromatic carbocycles. The Labute approximate surface area is 166 Å². The Bertz CT molecular complexity index is 1310. The van der Waals surface area contributed by atoms with E-state index in [1.165, 1.54) is 22.8 Å². The van der Waals surface area contributed by atoms with Gasteiger partial charge in [-0.05, 0) is 24.1 Å². The van der Waals surface area contributed by atoms with Crippen LogP contribution in [0.4, 0.5) is 0 Å². The number of sulfonamides is 1. The highest BCUT2D eigenvalue weighted by molar-refractivity contribution is 7.89. The Morgan fingerprint density at radius 3 is 2.66 bits per heavy atom. The van der Waals surface area contributed by atoms with Crippen LogP contribution in [0.2, 0.25) is 0 Å². The molecule has 0 aliphatic rings. The molecular formula is C19H18N4O5S. The third kappa shape index (κ3) is 4.13. The minimum atomic E-state index is -3.74. The molecule has 29 heavy (non-hydrogen) atoms. The van der Waals surface area contributed by atoms with Crippen molar-refractivity contribution in [1.82, 2.24) is 19.4 Å². The zero-order valence-corrected chi connectivity index (χ0v) is 16.3. The number of fused-ring (bicyclic) bond motifs is 1. The lowest BCUT2D eigenvalue weighted by Gasteiger charge is -2.07. The quantitative estimate of drug-likeness (QED) is 0.490. The summed E-state index contributed by atoms with van der Waals surface area (Å²) in [6.45, 7) is 1.96. The van der Waals surface area contributed by atoms with Crippen molar-refractivity contribution in [2.24, 2.45) is 0 Å². The van der Waals surface area contributed by atoms with Crippen LogP contribution < -0.4 is 10.5 Å². The van der Waals surface area contributed by atoms with Crippen molar-refractivity contribution in [1.29, 1.82) is 0 Å². The van der Waals surface area contributed by atoms with Gasteiger partial charge in [0.15, 0.2) is 11.4 Å². The largest absolute Gasteiger partial charge is 0.420 e. The third-order valence-electron chi connectivity index (χ3n) is 4.37. The first kappa shape index (κ1) is 19.1. The molecule has 1 N–H and O–H groups in total. The van der Waals surface area contributed by atoms with E-state index < -0.39 is 15.8 Å². The van der Waals surface area contributed by atoms with Crippen LogP contribution in [0.3, 0.4) is 0 Å². The molecule has 0 aliphatic heterocycles. The van der Waals surface area contributed by atoms with Crippen molar-refractivity contribution >= 4 is 21.1 Å². The first-order valence-corrected chi connectivity index (χ1v) is 10.4. The van der Waals surface area contributed by atoms with Crippen molar-refractivity contribution in [2.75, 3.05) is 6.54 Å². The maximum atomic E-state index is 12.6. The molecule has 0 saturated carbocycles. The van der Waals surface area contributed by atoms with Gasteiger partial charge in [-0.25, -0.2) is 17.9 Å². The Morgan fingerprint density at radius 2 is 1.93 bits per heavy atom. The number of nitrogens with one attached hydrogen (secondary N) is 1. The van der Waals surface area contributed by atoms with E-state index in [2.05, 4.69) is 14.9 Å². The summed E-state index contributed by atoms with van der Waals surface area (Å²) < 4.78 is 39.2. The fourth-order valence-electron chi connectivity index (χ4n) is 2.97. The second kappa shape index (κ2) is 7.64. The number of benzene rings is 2.